The zero-order valence-corrected chi connectivity index (χ0v) is 17.3. The highest BCUT2D eigenvalue weighted by molar-refractivity contribution is 5.96. The summed E-state index contributed by atoms with van der Waals surface area (Å²) in [5.74, 6) is -0.593. The van der Waals surface area contributed by atoms with E-state index in [-0.39, 0.29) is 12.0 Å². The maximum atomic E-state index is 12.5. The number of aromatic nitrogens is 2. The molecule has 0 aliphatic heterocycles. The molecule has 8 nitrogen and oxygen atoms in total. The van der Waals surface area contributed by atoms with Crippen LogP contribution < -0.4 is 15.6 Å². The van der Waals surface area contributed by atoms with Crippen molar-refractivity contribution in [1.82, 2.24) is 9.78 Å². The molecule has 1 heterocycles. The lowest BCUT2D eigenvalue weighted by Crippen LogP contribution is -2.31. The van der Waals surface area contributed by atoms with Crippen molar-refractivity contribution in [3.05, 3.63) is 64.1 Å². The number of anilines is 1. The molecule has 3 aromatic rings. The van der Waals surface area contributed by atoms with Crippen LogP contribution >= 0.6 is 0 Å². The fourth-order valence-electron chi connectivity index (χ4n) is 3.09. The number of benzene rings is 2. The minimum Gasteiger partial charge on any atom is -0.495 e. The van der Waals surface area contributed by atoms with Gasteiger partial charge in [-0.05, 0) is 37.6 Å². The van der Waals surface area contributed by atoms with E-state index in [4.69, 9.17) is 9.47 Å². The maximum absolute atomic E-state index is 12.5. The molecule has 1 amide bonds. The van der Waals surface area contributed by atoms with Crippen molar-refractivity contribution in [3.8, 4) is 5.75 Å². The van der Waals surface area contributed by atoms with Gasteiger partial charge in [-0.15, -0.1) is 0 Å². The van der Waals surface area contributed by atoms with E-state index < -0.39 is 18.0 Å². The van der Waals surface area contributed by atoms with Gasteiger partial charge in [0, 0.05) is 12.4 Å². The van der Waals surface area contributed by atoms with Gasteiger partial charge in [0.15, 0.2) is 6.10 Å². The van der Waals surface area contributed by atoms with Gasteiger partial charge in [-0.1, -0.05) is 24.3 Å². The monoisotopic (exact) mass is 409 g/mol. The van der Waals surface area contributed by atoms with Crippen molar-refractivity contribution in [2.75, 3.05) is 12.4 Å². The van der Waals surface area contributed by atoms with Crippen molar-refractivity contribution in [2.24, 2.45) is 7.05 Å². The SMILES string of the molecule is COc1ccc(C)cc1NC(=O)[C@H](C)OC(=O)Cc1nn(C)c(=O)c2ccccc12. The summed E-state index contributed by atoms with van der Waals surface area (Å²) in [5.41, 5.74) is 1.60. The Balaban J connectivity index is 1.72. The lowest BCUT2D eigenvalue weighted by molar-refractivity contribution is -0.152. The molecule has 0 unspecified atom stereocenters. The van der Waals surface area contributed by atoms with Crippen LogP contribution in [0.5, 0.6) is 5.75 Å². The molecule has 8 heteroatoms. The van der Waals surface area contributed by atoms with Gasteiger partial charge in [0.2, 0.25) is 0 Å². The molecule has 0 fully saturated rings. The molecule has 0 spiro atoms. The summed E-state index contributed by atoms with van der Waals surface area (Å²) in [4.78, 5) is 37.1. The van der Waals surface area contributed by atoms with E-state index in [0.29, 0.717) is 27.9 Å². The van der Waals surface area contributed by atoms with Crippen LogP contribution in [0.2, 0.25) is 0 Å². The van der Waals surface area contributed by atoms with Crippen molar-refractivity contribution >= 4 is 28.3 Å². The Kier molecular flexibility index (Phi) is 6.15. The zero-order chi connectivity index (χ0) is 21.8. The summed E-state index contributed by atoms with van der Waals surface area (Å²) >= 11 is 0. The summed E-state index contributed by atoms with van der Waals surface area (Å²) < 4.78 is 11.7. The average Bonchev–Trinajstić information content (AvgIpc) is 2.72. The summed E-state index contributed by atoms with van der Waals surface area (Å²) in [7, 11) is 3.03. The molecule has 1 atom stereocenters. The number of ether oxygens (including phenoxy) is 2. The molecule has 0 radical (unpaired) electrons. The molecule has 0 aliphatic carbocycles. The summed E-state index contributed by atoms with van der Waals surface area (Å²) in [6, 6.07) is 12.3. The highest BCUT2D eigenvalue weighted by Crippen LogP contribution is 2.25. The molecule has 2 aromatic carbocycles. The van der Waals surface area contributed by atoms with Crippen molar-refractivity contribution in [1.29, 1.82) is 0 Å². The predicted octanol–water partition coefficient (Wildman–Crippen LogP) is 2.36. The number of hydrogen-bond donors (Lipinski definition) is 1. The smallest absolute Gasteiger partial charge is 0.312 e. The first-order valence-corrected chi connectivity index (χ1v) is 9.40. The van der Waals surface area contributed by atoms with Crippen LogP contribution in [0.25, 0.3) is 10.8 Å². The molecular weight excluding hydrogens is 386 g/mol. The van der Waals surface area contributed by atoms with Crippen LogP contribution in [0, 0.1) is 6.92 Å². The Hall–Kier alpha value is -3.68. The van der Waals surface area contributed by atoms with Gasteiger partial charge in [0.1, 0.15) is 5.75 Å². The first kappa shape index (κ1) is 21.0. The average molecular weight is 409 g/mol. The number of amides is 1. The summed E-state index contributed by atoms with van der Waals surface area (Å²) in [5, 5.41) is 7.94. The third kappa shape index (κ3) is 4.48. The number of nitrogens with zero attached hydrogens (tertiary/aromatic N) is 2. The molecule has 1 aromatic heterocycles. The van der Waals surface area contributed by atoms with E-state index in [2.05, 4.69) is 10.4 Å². The number of methoxy groups -OCH3 is 1. The van der Waals surface area contributed by atoms with Crippen LogP contribution in [-0.2, 0) is 27.8 Å². The Labute approximate surface area is 173 Å². The Bertz CT molecular complexity index is 1170. The Morgan fingerprint density at radius 2 is 1.87 bits per heavy atom. The second-order valence-corrected chi connectivity index (χ2v) is 6.92. The first-order valence-electron chi connectivity index (χ1n) is 9.40. The van der Waals surface area contributed by atoms with Crippen LogP contribution in [0.15, 0.2) is 47.3 Å². The van der Waals surface area contributed by atoms with Crippen molar-refractivity contribution in [3.63, 3.8) is 0 Å². The second kappa shape index (κ2) is 8.77. The number of hydrogen-bond acceptors (Lipinski definition) is 6. The number of esters is 1. The number of nitrogens with one attached hydrogen (secondary N) is 1. The van der Waals surface area contributed by atoms with E-state index in [1.54, 1.807) is 36.4 Å². The van der Waals surface area contributed by atoms with Gasteiger partial charge in [-0.2, -0.15) is 5.10 Å². The third-order valence-electron chi connectivity index (χ3n) is 4.64. The van der Waals surface area contributed by atoms with E-state index in [0.717, 1.165) is 5.56 Å². The minimum absolute atomic E-state index is 0.167. The van der Waals surface area contributed by atoms with Crippen LogP contribution in [0.1, 0.15) is 18.2 Å². The first-order chi connectivity index (χ1) is 14.3. The van der Waals surface area contributed by atoms with E-state index in [1.165, 1.54) is 25.8 Å². The Morgan fingerprint density at radius 3 is 2.57 bits per heavy atom. The molecule has 30 heavy (non-hydrogen) atoms. The predicted molar refractivity (Wildman–Crippen MR) is 113 cm³/mol. The maximum Gasteiger partial charge on any atom is 0.312 e. The van der Waals surface area contributed by atoms with Gasteiger partial charge < -0.3 is 14.8 Å². The Morgan fingerprint density at radius 1 is 1.17 bits per heavy atom. The third-order valence-corrected chi connectivity index (χ3v) is 4.64. The quantitative estimate of drug-likeness (QED) is 0.628. The van der Waals surface area contributed by atoms with E-state index in [9.17, 15) is 14.4 Å². The van der Waals surface area contributed by atoms with Crippen LogP contribution in [0.3, 0.4) is 0 Å². The topological polar surface area (TPSA) is 99.5 Å². The normalized spacial score (nSPS) is 11.7. The van der Waals surface area contributed by atoms with Crippen LogP contribution in [0.4, 0.5) is 5.69 Å². The second-order valence-electron chi connectivity index (χ2n) is 6.92. The molecule has 0 saturated heterocycles. The number of fused-ring (bicyclic) bond motifs is 1. The molecule has 3 rings (SSSR count). The van der Waals surface area contributed by atoms with Gasteiger partial charge in [-0.25, -0.2) is 4.68 Å². The highest BCUT2D eigenvalue weighted by Gasteiger charge is 2.21. The minimum atomic E-state index is -1.03. The molecular formula is C22H23N3O5. The molecule has 0 bridgehead atoms. The van der Waals surface area contributed by atoms with Gasteiger partial charge in [-0.3, -0.25) is 14.4 Å². The van der Waals surface area contributed by atoms with Crippen molar-refractivity contribution in [2.45, 2.75) is 26.4 Å². The molecule has 0 aliphatic rings. The van der Waals surface area contributed by atoms with Crippen LogP contribution in [-0.4, -0.2) is 34.9 Å². The van der Waals surface area contributed by atoms with Gasteiger partial charge in [0.05, 0.1) is 30.3 Å². The lowest BCUT2D eigenvalue weighted by Gasteiger charge is -2.16. The molecule has 0 saturated carbocycles. The zero-order valence-electron chi connectivity index (χ0n) is 17.3. The van der Waals surface area contributed by atoms with Gasteiger partial charge in [0.25, 0.3) is 11.5 Å². The standard InChI is InChI=1S/C22H23N3O5/c1-13-9-10-19(29-4)18(11-13)23-21(27)14(2)30-20(26)12-17-15-7-5-6-8-16(15)22(28)25(3)24-17/h5-11,14H,12H2,1-4H3,(H,23,27)/t14-/m0/s1. The highest BCUT2D eigenvalue weighted by atomic mass is 16.5. The van der Waals surface area contributed by atoms with Crippen molar-refractivity contribution < 1.29 is 19.1 Å². The molecule has 1 N–H and O–H groups in total. The number of rotatable bonds is 6. The largest absolute Gasteiger partial charge is 0.495 e. The fraction of sp³-hybridized carbons (Fsp3) is 0.273. The summed E-state index contributed by atoms with van der Waals surface area (Å²) in [6.07, 6.45) is -1.19. The van der Waals surface area contributed by atoms with Gasteiger partial charge >= 0.3 is 5.97 Å². The number of carbonyl (C=O) groups excluding carboxylic acids is 2. The molecule has 156 valence electrons. The number of carbonyl (C=O) groups is 2. The van der Waals surface area contributed by atoms with E-state index in [1.807, 2.05) is 13.0 Å². The summed E-state index contributed by atoms with van der Waals surface area (Å²) in [6.45, 7) is 3.38. The van der Waals surface area contributed by atoms with E-state index >= 15 is 0 Å². The lowest BCUT2D eigenvalue weighted by atomic mass is 10.1. The fourth-order valence-corrected chi connectivity index (χ4v) is 3.09. The number of aryl methyl sites for hydroxylation is 2.